The molecule has 0 aliphatic heterocycles. The van der Waals surface area contributed by atoms with Crippen LogP contribution in [0.15, 0.2) is 11.4 Å². The van der Waals surface area contributed by atoms with Gasteiger partial charge in [0.05, 0.1) is 5.03 Å². The Balaban J connectivity index is 5.01. The minimum absolute atomic E-state index is 0.923. The average molecular weight is 231 g/mol. The first kappa shape index (κ1) is 12.5. The van der Waals surface area contributed by atoms with E-state index in [9.17, 15) is 30.7 Å². The number of hydrogen-bond donors (Lipinski definition) is 0. The maximum atomic E-state index is 11.6. The standard InChI is InChI=1S/C5H2ClF7/c6-2(1-7)3(4(8,9)10)5(11,12)13/h1,3H. The lowest BCUT2D eigenvalue weighted by molar-refractivity contribution is -0.269. The van der Waals surface area contributed by atoms with Crippen LogP contribution >= 0.6 is 11.6 Å². The van der Waals surface area contributed by atoms with Crippen LogP contribution in [-0.4, -0.2) is 12.4 Å². The Hall–Kier alpha value is -0.460. The van der Waals surface area contributed by atoms with E-state index in [1.165, 1.54) is 0 Å². The zero-order valence-electron chi connectivity index (χ0n) is 5.68. The molecule has 0 saturated carbocycles. The Morgan fingerprint density at radius 2 is 1.31 bits per heavy atom. The van der Waals surface area contributed by atoms with E-state index in [0.717, 1.165) is 0 Å². The molecule has 8 heteroatoms. The molecule has 0 spiro atoms. The highest BCUT2D eigenvalue weighted by Crippen LogP contribution is 2.44. The van der Waals surface area contributed by atoms with Crippen molar-refractivity contribution in [3.05, 3.63) is 11.4 Å². The third-order valence-electron chi connectivity index (χ3n) is 1.03. The van der Waals surface area contributed by atoms with Crippen LogP contribution in [0.4, 0.5) is 30.7 Å². The van der Waals surface area contributed by atoms with Crippen LogP contribution in [-0.2, 0) is 0 Å². The summed E-state index contributed by atoms with van der Waals surface area (Å²) in [6.45, 7) is 0. The van der Waals surface area contributed by atoms with Gasteiger partial charge in [-0.25, -0.2) is 4.39 Å². The molecular weight excluding hydrogens is 228 g/mol. The van der Waals surface area contributed by atoms with Crippen molar-refractivity contribution in [1.29, 1.82) is 0 Å². The number of allylic oxidation sites excluding steroid dienone is 1. The van der Waals surface area contributed by atoms with Crippen molar-refractivity contribution < 1.29 is 30.7 Å². The van der Waals surface area contributed by atoms with Gasteiger partial charge in [0.1, 0.15) is 6.33 Å². The van der Waals surface area contributed by atoms with E-state index in [2.05, 4.69) is 11.6 Å². The van der Waals surface area contributed by atoms with Crippen molar-refractivity contribution in [3.8, 4) is 0 Å². The summed E-state index contributed by atoms with van der Waals surface area (Å²) in [6.07, 6.45) is -12.2. The van der Waals surface area contributed by atoms with E-state index >= 15 is 0 Å². The topological polar surface area (TPSA) is 0 Å². The summed E-state index contributed by atoms with van der Waals surface area (Å²) < 4.78 is 81.3. The minimum Gasteiger partial charge on any atom is -0.214 e. The van der Waals surface area contributed by atoms with E-state index in [1.807, 2.05) is 0 Å². The van der Waals surface area contributed by atoms with Crippen LogP contribution < -0.4 is 0 Å². The van der Waals surface area contributed by atoms with Crippen LogP contribution in [0.25, 0.3) is 0 Å². The van der Waals surface area contributed by atoms with Gasteiger partial charge in [-0.15, -0.1) is 0 Å². The van der Waals surface area contributed by atoms with Crippen LogP contribution in [0, 0.1) is 5.92 Å². The minimum atomic E-state index is -5.64. The fraction of sp³-hybridized carbons (Fsp3) is 0.600. The van der Waals surface area contributed by atoms with Crippen molar-refractivity contribution in [2.45, 2.75) is 12.4 Å². The van der Waals surface area contributed by atoms with Gasteiger partial charge in [-0.2, -0.15) is 26.3 Å². The quantitative estimate of drug-likeness (QED) is 0.602. The van der Waals surface area contributed by atoms with Crippen molar-refractivity contribution in [1.82, 2.24) is 0 Å². The molecule has 0 bridgehead atoms. The predicted octanol–water partition coefficient (Wildman–Crippen LogP) is 3.78. The van der Waals surface area contributed by atoms with E-state index < -0.39 is 29.6 Å². The largest absolute Gasteiger partial charge is 0.405 e. The highest BCUT2D eigenvalue weighted by atomic mass is 35.5. The second kappa shape index (κ2) is 3.73. The van der Waals surface area contributed by atoms with Gasteiger partial charge >= 0.3 is 12.4 Å². The smallest absolute Gasteiger partial charge is 0.214 e. The van der Waals surface area contributed by atoms with E-state index in [4.69, 9.17) is 0 Å². The Bertz CT molecular complexity index is 186. The fourth-order valence-electron chi connectivity index (χ4n) is 0.561. The van der Waals surface area contributed by atoms with Crippen LogP contribution in [0.2, 0.25) is 0 Å². The van der Waals surface area contributed by atoms with Gasteiger partial charge in [0.15, 0.2) is 5.92 Å². The maximum Gasteiger partial charge on any atom is 0.405 e. The van der Waals surface area contributed by atoms with Gasteiger partial charge in [-0.05, 0) is 0 Å². The normalized spacial score (nSPS) is 15.3. The summed E-state index contributed by atoms with van der Waals surface area (Å²) in [6, 6.07) is 0. The lowest BCUT2D eigenvalue weighted by Crippen LogP contribution is -2.36. The van der Waals surface area contributed by atoms with Crippen molar-refractivity contribution in [2.75, 3.05) is 0 Å². The van der Waals surface area contributed by atoms with Crippen molar-refractivity contribution in [2.24, 2.45) is 5.92 Å². The molecule has 0 N–H and O–H groups in total. The predicted molar refractivity (Wildman–Crippen MR) is 30.6 cm³/mol. The molecule has 0 aromatic carbocycles. The SMILES string of the molecule is FC=C(Cl)C(C(F)(F)F)C(F)(F)F. The fourth-order valence-corrected chi connectivity index (χ4v) is 0.809. The number of halogens is 8. The molecule has 0 aliphatic rings. The molecule has 0 fully saturated rings. The first-order chi connectivity index (χ1) is 5.60. The van der Waals surface area contributed by atoms with Crippen LogP contribution in [0.5, 0.6) is 0 Å². The second-order valence-electron chi connectivity index (χ2n) is 2.01. The molecule has 0 unspecified atom stereocenters. The summed E-state index contributed by atoms with van der Waals surface area (Å²) in [5, 5.41) is -1.93. The number of alkyl halides is 6. The lowest BCUT2D eigenvalue weighted by Gasteiger charge is -2.21. The molecule has 0 saturated heterocycles. The Morgan fingerprint density at radius 1 is 1.00 bits per heavy atom. The summed E-state index contributed by atoms with van der Waals surface area (Å²) >= 11 is 4.45. The van der Waals surface area contributed by atoms with Gasteiger partial charge in [0, 0.05) is 0 Å². The molecule has 78 valence electrons. The molecule has 0 aromatic heterocycles. The van der Waals surface area contributed by atoms with E-state index in [1.54, 1.807) is 0 Å². The van der Waals surface area contributed by atoms with Crippen molar-refractivity contribution >= 4 is 11.6 Å². The van der Waals surface area contributed by atoms with E-state index in [-0.39, 0.29) is 0 Å². The lowest BCUT2D eigenvalue weighted by atomic mass is 10.1. The highest BCUT2D eigenvalue weighted by molar-refractivity contribution is 6.29. The Kier molecular flexibility index (Phi) is 3.60. The monoisotopic (exact) mass is 230 g/mol. The number of hydrogen-bond acceptors (Lipinski definition) is 0. The molecule has 0 nitrogen and oxygen atoms in total. The zero-order chi connectivity index (χ0) is 10.9. The van der Waals surface area contributed by atoms with Crippen LogP contribution in [0.1, 0.15) is 0 Å². The second-order valence-corrected chi connectivity index (χ2v) is 2.45. The zero-order valence-corrected chi connectivity index (χ0v) is 6.43. The molecule has 0 rings (SSSR count). The summed E-state index contributed by atoms with van der Waals surface area (Å²) in [4.78, 5) is 0. The molecule has 0 atom stereocenters. The molecule has 0 amide bonds. The average Bonchev–Trinajstić information content (AvgIpc) is 1.80. The van der Waals surface area contributed by atoms with Gasteiger partial charge < -0.3 is 0 Å². The third kappa shape index (κ3) is 3.41. The first-order valence-electron chi connectivity index (χ1n) is 2.70. The Labute approximate surface area is 73.0 Å². The molecule has 0 aliphatic carbocycles. The Morgan fingerprint density at radius 3 is 1.38 bits per heavy atom. The van der Waals surface area contributed by atoms with Gasteiger partial charge in [-0.1, -0.05) is 11.6 Å². The summed E-state index contributed by atoms with van der Waals surface area (Å²) in [5.41, 5.74) is 0. The first-order valence-corrected chi connectivity index (χ1v) is 3.07. The van der Waals surface area contributed by atoms with Crippen LogP contribution in [0.3, 0.4) is 0 Å². The molecule has 0 heterocycles. The van der Waals surface area contributed by atoms with Gasteiger partial charge in [-0.3, -0.25) is 0 Å². The van der Waals surface area contributed by atoms with Crippen molar-refractivity contribution in [3.63, 3.8) is 0 Å². The van der Waals surface area contributed by atoms with Gasteiger partial charge in [0.25, 0.3) is 0 Å². The number of rotatable bonds is 1. The highest BCUT2D eigenvalue weighted by Gasteiger charge is 2.58. The molecular formula is C5H2ClF7. The van der Waals surface area contributed by atoms with Gasteiger partial charge in [0.2, 0.25) is 0 Å². The summed E-state index contributed by atoms with van der Waals surface area (Å²) in [5.74, 6) is -3.95. The third-order valence-corrected chi connectivity index (χ3v) is 1.34. The molecule has 0 aromatic rings. The maximum absolute atomic E-state index is 11.6. The van der Waals surface area contributed by atoms with E-state index in [0.29, 0.717) is 0 Å². The molecule has 13 heavy (non-hydrogen) atoms. The summed E-state index contributed by atoms with van der Waals surface area (Å²) in [7, 11) is 0. The molecule has 0 radical (unpaired) electrons.